The van der Waals surface area contributed by atoms with Crippen LogP contribution in [-0.2, 0) is 31.1 Å². The third-order valence-corrected chi connectivity index (χ3v) is 8.82. The fourth-order valence-corrected chi connectivity index (χ4v) is 6.48. The minimum absolute atomic E-state index is 0.0435. The van der Waals surface area contributed by atoms with E-state index in [9.17, 15) is 27.2 Å². The van der Waals surface area contributed by atoms with Gasteiger partial charge in [0.05, 0.1) is 11.5 Å². The summed E-state index contributed by atoms with van der Waals surface area (Å²) >= 11 is 1.45. The Labute approximate surface area is 230 Å². The number of nitrogens with one attached hydrogen (secondary N) is 2. The SMILES string of the molecule is Cn1nc(OC(F)(F)F)cc1Nc1nncn1[C@H]1CCc2sc(CC(=O)[C@H]3C[C@H]3F)c(C(=O)NCC3CC3)c2C1. The van der Waals surface area contributed by atoms with Crippen molar-refractivity contribution >= 4 is 34.8 Å². The fraction of sp³-hybridized carbons (Fsp3) is 0.560. The lowest BCUT2D eigenvalue weighted by Gasteiger charge is -2.25. The largest absolute Gasteiger partial charge is 0.574 e. The zero-order valence-corrected chi connectivity index (χ0v) is 22.3. The number of fused-ring (bicyclic) bond motifs is 1. The zero-order chi connectivity index (χ0) is 28.2. The summed E-state index contributed by atoms with van der Waals surface area (Å²) in [6.45, 7) is 0.583. The topological polar surface area (TPSA) is 116 Å². The van der Waals surface area contributed by atoms with Gasteiger partial charge in [0.2, 0.25) is 11.8 Å². The van der Waals surface area contributed by atoms with Crippen LogP contribution in [0.3, 0.4) is 0 Å². The lowest BCUT2D eigenvalue weighted by Crippen LogP contribution is -2.28. The number of aryl methyl sites for hydroxylation is 2. The van der Waals surface area contributed by atoms with Gasteiger partial charge < -0.3 is 15.4 Å². The first-order chi connectivity index (χ1) is 19.1. The quantitative estimate of drug-likeness (QED) is 0.347. The van der Waals surface area contributed by atoms with E-state index in [4.69, 9.17) is 0 Å². The maximum Gasteiger partial charge on any atom is 0.574 e. The number of amides is 1. The third-order valence-electron chi connectivity index (χ3n) is 7.53. The Morgan fingerprint density at radius 2 is 2.02 bits per heavy atom. The van der Waals surface area contributed by atoms with Crippen LogP contribution >= 0.6 is 11.3 Å². The highest BCUT2D eigenvalue weighted by molar-refractivity contribution is 7.12. The Morgan fingerprint density at radius 1 is 1.25 bits per heavy atom. The van der Waals surface area contributed by atoms with Gasteiger partial charge in [-0.05, 0) is 50.0 Å². The molecule has 2 saturated carbocycles. The van der Waals surface area contributed by atoms with Gasteiger partial charge in [0, 0.05) is 41.9 Å². The van der Waals surface area contributed by atoms with Crippen molar-refractivity contribution in [2.75, 3.05) is 11.9 Å². The molecule has 0 spiro atoms. The van der Waals surface area contributed by atoms with E-state index in [1.54, 1.807) is 4.57 Å². The Balaban J connectivity index is 1.24. The van der Waals surface area contributed by atoms with Gasteiger partial charge in [-0.1, -0.05) is 0 Å². The van der Waals surface area contributed by atoms with Crippen molar-refractivity contribution in [3.8, 4) is 5.88 Å². The number of thiophene rings is 1. The fourth-order valence-electron chi connectivity index (χ4n) is 5.12. The summed E-state index contributed by atoms with van der Waals surface area (Å²) in [6.07, 6.45) is -0.150. The molecule has 2 N–H and O–H groups in total. The van der Waals surface area contributed by atoms with Gasteiger partial charge in [0.25, 0.3) is 5.91 Å². The molecular formula is C25H27F4N7O3S. The van der Waals surface area contributed by atoms with E-state index < -0.39 is 24.3 Å². The molecule has 10 nitrogen and oxygen atoms in total. The van der Waals surface area contributed by atoms with Gasteiger partial charge >= 0.3 is 6.36 Å². The number of anilines is 2. The Morgan fingerprint density at radius 3 is 2.73 bits per heavy atom. The lowest BCUT2D eigenvalue weighted by molar-refractivity contribution is -0.276. The molecule has 6 rings (SSSR count). The van der Waals surface area contributed by atoms with Crippen LogP contribution in [-0.4, -0.2) is 55.3 Å². The smallest absolute Gasteiger partial charge is 0.386 e. The van der Waals surface area contributed by atoms with Crippen LogP contribution < -0.4 is 15.4 Å². The number of aromatic nitrogens is 5. The van der Waals surface area contributed by atoms with Crippen molar-refractivity contribution in [1.29, 1.82) is 0 Å². The van der Waals surface area contributed by atoms with Crippen LogP contribution in [0.4, 0.5) is 29.3 Å². The first-order valence-corrected chi connectivity index (χ1v) is 13.9. The molecule has 0 aliphatic heterocycles. The molecule has 3 heterocycles. The van der Waals surface area contributed by atoms with Crippen molar-refractivity contribution in [1.82, 2.24) is 29.9 Å². The van der Waals surface area contributed by atoms with E-state index >= 15 is 0 Å². The van der Waals surface area contributed by atoms with Crippen molar-refractivity contribution in [3.63, 3.8) is 0 Å². The molecule has 214 valence electrons. The van der Waals surface area contributed by atoms with Gasteiger partial charge in [-0.25, -0.2) is 9.07 Å². The van der Waals surface area contributed by atoms with E-state index in [2.05, 4.69) is 30.7 Å². The van der Waals surface area contributed by atoms with Gasteiger partial charge in [-0.2, -0.15) is 0 Å². The first kappa shape index (κ1) is 26.7. The van der Waals surface area contributed by atoms with E-state index in [-0.39, 0.29) is 36.4 Å². The molecule has 0 bridgehead atoms. The van der Waals surface area contributed by atoms with Crippen LogP contribution in [0, 0.1) is 11.8 Å². The lowest BCUT2D eigenvalue weighted by atomic mass is 9.90. The monoisotopic (exact) mass is 581 g/mol. The average molecular weight is 582 g/mol. The van der Waals surface area contributed by atoms with Crippen molar-refractivity contribution in [3.05, 3.63) is 33.3 Å². The summed E-state index contributed by atoms with van der Waals surface area (Å²) in [7, 11) is 1.46. The maximum atomic E-state index is 13.6. The van der Waals surface area contributed by atoms with E-state index in [1.165, 1.54) is 29.4 Å². The molecule has 1 amide bonds. The third kappa shape index (κ3) is 5.69. The molecule has 3 aliphatic carbocycles. The minimum atomic E-state index is -4.87. The molecule has 0 radical (unpaired) electrons. The molecular weight excluding hydrogens is 554 g/mol. The van der Waals surface area contributed by atoms with Gasteiger partial charge in [-0.3, -0.25) is 14.2 Å². The maximum absolute atomic E-state index is 13.6. The predicted octanol–water partition coefficient (Wildman–Crippen LogP) is 4.05. The second-order valence-electron chi connectivity index (χ2n) is 10.6. The number of nitrogens with zero attached hydrogens (tertiary/aromatic N) is 5. The number of ether oxygens (including phenoxy) is 1. The summed E-state index contributed by atoms with van der Waals surface area (Å²) in [5.41, 5.74) is 1.38. The number of rotatable bonds is 10. The number of alkyl halides is 4. The number of ketones is 1. The Hall–Kier alpha value is -3.49. The van der Waals surface area contributed by atoms with Crippen LogP contribution in [0.25, 0.3) is 0 Å². The Bertz CT molecular complexity index is 1440. The van der Waals surface area contributed by atoms with Crippen LogP contribution in [0.2, 0.25) is 0 Å². The number of halogens is 4. The predicted molar refractivity (Wildman–Crippen MR) is 135 cm³/mol. The number of hydrogen-bond acceptors (Lipinski definition) is 8. The highest BCUT2D eigenvalue weighted by Crippen LogP contribution is 2.42. The summed E-state index contributed by atoms with van der Waals surface area (Å²) in [5.74, 6) is -0.582. The van der Waals surface area contributed by atoms with Crippen molar-refractivity contribution < 1.29 is 31.9 Å². The average Bonchev–Trinajstić information content (AvgIpc) is 3.73. The van der Waals surface area contributed by atoms with Crippen molar-refractivity contribution in [2.24, 2.45) is 18.9 Å². The van der Waals surface area contributed by atoms with Gasteiger partial charge in [0.1, 0.15) is 24.1 Å². The molecule has 3 aliphatic rings. The number of carbonyl (C=O) groups is 2. The highest BCUT2D eigenvalue weighted by atomic mass is 32.1. The van der Waals surface area contributed by atoms with Crippen molar-refractivity contribution in [2.45, 2.75) is 63.5 Å². The summed E-state index contributed by atoms with van der Waals surface area (Å²) in [5, 5.41) is 17.8. The van der Waals surface area contributed by atoms with Crippen LogP contribution in [0.5, 0.6) is 5.88 Å². The van der Waals surface area contributed by atoms with Gasteiger partial charge in [0.15, 0.2) is 0 Å². The number of hydrogen-bond donors (Lipinski definition) is 2. The molecule has 3 aromatic heterocycles. The van der Waals surface area contributed by atoms with Crippen LogP contribution in [0.15, 0.2) is 12.4 Å². The van der Waals surface area contributed by atoms with E-state index in [1.807, 2.05) is 0 Å². The Kier molecular flexibility index (Phi) is 6.79. The molecule has 15 heteroatoms. The highest BCUT2D eigenvalue weighted by Gasteiger charge is 2.44. The second kappa shape index (κ2) is 10.2. The van der Waals surface area contributed by atoms with E-state index in [0.29, 0.717) is 48.1 Å². The molecule has 2 fully saturated rings. The minimum Gasteiger partial charge on any atom is -0.386 e. The summed E-state index contributed by atoms with van der Waals surface area (Å²) < 4.78 is 58.3. The zero-order valence-electron chi connectivity index (χ0n) is 21.5. The standard InChI is InChI=1S/C25H27F4N7O3S/c1-35-20(9-21(34-35)39-25(27,28)29)32-24-33-31-11-36(24)13-4-5-18-15(6-13)22(23(38)30-10-12-2-3-12)19(40-18)8-17(37)14-7-16(14)26/h9,11-14,16H,2-8,10H2,1H3,(H,30,38)(H,32,33)/t13-,14-,16+/m0/s1. The van der Waals surface area contributed by atoms with E-state index in [0.717, 1.165) is 29.3 Å². The second-order valence-corrected chi connectivity index (χ2v) is 11.8. The molecule has 40 heavy (non-hydrogen) atoms. The van der Waals surface area contributed by atoms with Crippen LogP contribution in [0.1, 0.15) is 57.4 Å². The molecule has 3 aromatic rings. The number of carbonyl (C=O) groups excluding carboxylic acids is 2. The molecule has 3 atom stereocenters. The van der Waals surface area contributed by atoms with Gasteiger partial charge in [-0.15, -0.1) is 39.8 Å². The molecule has 0 unspecified atom stereocenters. The summed E-state index contributed by atoms with van der Waals surface area (Å²) in [4.78, 5) is 27.7. The molecule has 0 aromatic carbocycles. The molecule has 0 saturated heterocycles. The summed E-state index contributed by atoms with van der Waals surface area (Å²) in [6, 6.07) is 0.952. The normalized spacial score (nSPS) is 22.1. The first-order valence-electron chi connectivity index (χ1n) is 13.1. The number of Topliss-reactive ketones (excluding diaryl/α,β-unsaturated/α-hetero) is 1.